The van der Waals surface area contributed by atoms with E-state index in [1.807, 2.05) is 0 Å². The highest BCUT2D eigenvalue weighted by atomic mass is 19.1. The minimum Gasteiger partial charge on any atom is -0.423 e. The predicted molar refractivity (Wildman–Crippen MR) is 85.6 cm³/mol. The lowest BCUT2D eigenvalue weighted by molar-refractivity contribution is -0.117. The molecule has 1 aromatic heterocycles. The van der Waals surface area contributed by atoms with Crippen LogP contribution in [0, 0.1) is 17.6 Å². The minimum atomic E-state index is -0.621. The number of hydrogen-bond donors (Lipinski definition) is 1. The Balaban J connectivity index is 1.41. The zero-order valence-corrected chi connectivity index (χ0v) is 12.9. The minimum absolute atomic E-state index is 0.181. The number of benzene rings is 2. The zero-order chi connectivity index (χ0) is 17.4. The summed E-state index contributed by atoms with van der Waals surface area (Å²) >= 11 is 0. The summed E-state index contributed by atoms with van der Waals surface area (Å²) in [6.07, 6.45) is 1.79. The molecule has 2 aromatic carbocycles. The molecule has 1 amide bonds. The third-order valence-electron chi connectivity index (χ3n) is 4.25. The van der Waals surface area contributed by atoms with Crippen molar-refractivity contribution in [3.05, 3.63) is 66.1 Å². The van der Waals surface area contributed by atoms with Gasteiger partial charge in [0.1, 0.15) is 11.6 Å². The normalized spacial score (nSPS) is 18.8. The molecule has 25 heavy (non-hydrogen) atoms. The molecule has 1 aliphatic rings. The van der Waals surface area contributed by atoms with Gasteiger partial charge in [0.05, 0.1) is 0 Å². The fraction of sp³-hybridized carbons (Fsp3) is 0.167. The maximum atomic E-state index is 13.8. The predicted octanol–water partition coefficient (Wildman–Crippen LogP) is 3.76. The Morgan fingerprint density at radius 1 is 1.16 bits per heavy atom. The zero-order valence-electron chi connectivity index (χ0n) is 12.9. The molecule has 0 saturated heterocycles. The summed E-state index contributed by atoms with van der Waals surface area (Å²) in [6.45, 7) is 0. The van der Waals surface area contributed by atoms with Gasteiger partial charge in [-0.1, -0.05) is 6.07 Å². The number of rotatable bonds is 4. The molecular formula is C18H13F2N3O2. The van der Waals surface area contributed by atoms with Crippen LogP contribution >= 0.6 is 0 Å². The second kappa shape index (κ2) is 6.08. The number of halogens is 2. The van der Waals surface area contributed by atoms with Crippen LogP contribution in [-0.2, 0) is 4.79 Å². The molecule has 126 valence electrons. The Bertz CT molecular complexity index is 911. The van der Waals surface area contributed by atoms with Crippen molar-refractivity contribution in [2.45, 2.75) is 12.3 Å². The molecule has 0 radical (unpaired) electrons. The lowest BCUT2D eigenvalue weighted by atomic mass is 10.1. The second-order valence-electron chi connectivity index (χ2n) is 5.93. The molecule has 1 aliphatic carbocycles. The third-order valence-corrected chi connectivity index (χ3v) is 4.25. The molecule has 5 nitrogen and oxygen atoms in total. The highest BCUT2D eigenvalue weighted by Gasteiger charge is 2.45. The molecule has 0 aliphatic heterocycles. The highest BCUT2D eigenvalue weighted by molar-refractivity contribution is 5.95. The van der Waals surface area contributed by atoms with Gasteiger partial charge >= 0.3 is 0 Å². The summed E-state index contributed by atoms with van der Waals surface area (Å²) in [5.41, 5.74) is 1.75. The number of anilines is 1. The van der Waals surface area contributed by atoms with Gasteiger partial charge in [-0.15, -0.1) is 10.2 Å². The van der Waals surface area contributed by atoms with Crippen LogP contribution in [0.1, 0.15) is 17.9 Å². The van der Waals surface area contributed by atoms with Gasteiger partial charge in [0.2, 0.25) is 18.2 Å². The van der Waals surface area contributed by atoms with Gasteiger partial charge in [0.25, 0.3) is 0 Å². The van der Waals surface area contributed by atoms with E-state index in [2.05, 4.69) is 15.5 Å². The van der Waals surface area contributed by atoms with Crippen molar-refractivity contribution >= 4 is 11.6 Å². The van der Waals surface area contributed by atoms with E-state index >= 15 is 0 Å². The van der Waals surface area contributed by atoms with E-state index in [4.69, 9.17) is 4.42 Å². The number of amides is 1. The van der Waals surface area contributed by atoms with Gasteiger partial charge in [-0.05, 0) is 48.2 Å². The first-order valence-electron chi connectivity index (χ1n) is 7.74. The lowest BCUT2D eigenvalue weighted by Gasteiger charge is -2.06. The van der Waals surface area contributed by atoms with E-state index in [0.717, 1.165) is 11.6 Å². The number of hydrogen-bond acceptors (Lipinski definition) is 4. The first-order valence-corrected chi connectivity index (χ1v) is 7.74. The number of nitrogens with zero attached hydrogens (tertiary/aromatic N) is 2. The molecule has 0 spiro atoms. The Morgan fingerprint density at radius 3 is 2.64 bits per heavy atom. The molecule has 2 unspecified atom stereocenters. The summed E-state index contributed by atoms with van der Waals surface area (Å²) in [6, 6.07) is 10.4. The van der Waals surface area contributed by atoms with Gasteiger partial charge in [0.15, 0.2) is 0 Å². The second-order valence-corrected chi connectivity index (χ2v) is 5.93. The van der Waals surface area contributed by atoms with E-state index in [9.17, 15) is 13.6 Å². The average Bonchev–Trinajstić information content (AvgIpc) is 3.19. The smallest absolute Gasteiger partial charge is 0.247 e. The van der Waals surface area contributed by atoms with Crippen LogP contribution in [0.4, 0.5) is 14.5 Å². The maximum Gasteiger partial charge on any atom is 0.247 e. The van der Waals surface area contributed by atoms with Crippen molar-refractivity contribution in [3.63, 3.8) is 0 Å². The van der Waals surface area contributed by atoms with Crippen LogP contribution in [0.2, 0.25) is 0 Å². The molecule has 1 N–H and O–H groups in total. The van der Waals surface area contributed by atoms with Gasteiger partial charge < -0.3 is 9.73 Å². The number of carbonyl (C=O) groups is 1. The molecule has 4 rings (SSSR count). The van der Waals surface area contributed by atoms with Crippen LogP contribution in [0.25, 0.3) is 11.5 Å². The summed E-state index contributed by atoms with van der Waals surface area (Å²) in [4.78, 5) is 12.3. The molecule has 2 atom stereocenters. The van der Waals surface area contributed by atoms with Crippen molar-refractivity contribution in [1.29, 1.82) is 0 Å². The van der Waals surface area contributed by atoms with Gasteiger partial charge in [0, 0.05) is 23.2 Å². The average molecular weight is 341 g/mol. The Hall–Kier alpha value is -3.09. The first-order chi connectivity index (χ1) is 12.1. The van der Waals surface area contributed by atoms with Crippen molar-refractivity contribution in [1.82, 2.24) is 10.2 Å². The summed E-state index contributed by atoms with van der Waals surface area (Å²) in [7, 11) is 0. The fourth-order valence-electron chi connectivity index (χ4n) is 2.86. The topological polar surface area (TPSA) is 68.0 Å². The van der Waals surface area contributed by atoms with E-state index in [0.29, 0.717) is 23.6 Å². The van der Waals surface area contributed by atoms with Crippen LogP contribution in [0.5, 0.6) is 0 Å². The molecule has 1 heterocycles. The van der Waals surface area contributed by atoms with Gasteiger partial charge in [-0.3, -0.25) is 4.79 Å². The van der Waals surface area contributed by atoms with E-state index in [1.54, 1.807) is 24.3 Å². The molecule has 1 fully saturated rings. The van der Waals surface area contributed by atoms with Gasteiger partial charge in [-0.2, -0.15) is 0 Å². The SMILES string of the molecule is O=C(Nc1ccc(-c2nnco2)cc1)C1CC1c1ccc(F)cc1F. The van der Waals surface area contributed by atoms with Crippen LogP contribution < -0.4 is 5.32 Å². The molecule has 7 heteroatoms. The lowest BCUT2D eigenvalue weighted by Crippen LogP contribution is -2.14. The number of carbonyl (C=O) groups excluding carboxylic acids is 1. The van der Waals surface area contributed by atoms with Crippen molar-refractivity contribution in [3.8, 4) is 11.5 Å². The van der Waals surface area contributed by atoms with Crippen LogP contribution in [0.3, 0.4) is 0 Å². The quantitative estimate of drug-likeness (QED) is 0.785. The molecular weight excluding hydrogens is 328 g/mol. The molecule has 1 saturated carbocycles. The van der Waals surface area contributed by atoms with Crippen LogP contribution in [-0.4, -0.2) is 16.1 Å². The standard InChI is InChI=1S/C18H13F2N3O2/c19-11-3-6-13(16(20)7-11)14-8-15(14)17(24)22-12-4-1-10(2-5-12)18-23-21-9-25-18/h1-7,9,14-15H,8H2,(H,22,24). The van der Waals surface area contributed by atoms with E-state index < -0.39 is 11.6 Å². The Labute approximate surface area is 141 Å². The first kappa shape index (κ1) is 15.4. The van der Waals surface area contributed by atoms with Crippen LogP contribution in [0.15, 0.2) is 53.3 Å². The van der Waals surface area contributed by atoms with E-state index in [-0.39, 0.29) is 17.7 Å². The summed E-state index contributed by atoms with van der Waals surface area (Å²) in [5.74, 6) is -1.53. The number of aromatic nitrogens is 2. The van der Waals surface area contributed by atoms with Crippen molar-refractivity contribution < 1.29 is 18.0 Å². The molecule has 3 aromatic rings. The fourth-order valence-corrected chi connectivity index (χ4v) is 2.86. The third kappa shape index (κ3) is 3.13. The number of nitrogens with one attached hydrogen (secondary N) is 1. The van der Waals surface area contributed by atoms with Gasteiger partial charge in [-0.25, -0.2) is 8.78 Å². The largest absolute Gasteiger partial charge is 0.423 e. The summed E-state index contributed by atoms with van der Waals surface area (Å²) in [5, 5.41) is 10.2. The van der Waals surface area contributed by atoms with E-state index in [1.165, 1.54) is 18.5 Å². The Morgan fingerprint density at radius 2 is 1.96 bits per heavy atom. The maximum absolute atomic E-state index is 13.8. The van der Waals surface area contributed by atoms with Crippen molar-refractivity contribution in [2.75, 3.05) is 5.32 Å². The van der Waals surface area contributed by atoms with Crippen molar-refractivity contribution in [2.24, 2.45) is 5.92 Å². The highest BCUT2D eigenvalue weighted by Crippen LogP contribution is 2.48. The molecule has 0 bridgehead atoms. The monoisotopic (exact) mass is 341 g/mol. The summed E-state index contributed by atoms with van der Waals surface area (Å²) < 4.78 is 31.9. The Kier molecular flexibility index (Phi) is 3.76.